The Morgan fingerprint density at radius 3 is 2.57 bits per heavy atom. The van der Waals surface area contributed by atoms with Crippen LogP contribution in [0.15, 0.2) is 10.5 Å². The summed E-state index contributed by atoms with van der Waals surface area (Å²) in [4.78, 5) is 0. The lowest BCUT2D eigenvalue weighted by atomic mass is 10.0. The molecule has 0 bridgehead atoms. The molecule has 0 radical (unpaired) electrons. The van der Waals surface area contributed by atoms with Crippen molar-refractivity contribution in [1.82, 2.24) is 0 Å². The maximum absolute atomic E-state index is 13.7. The van der Waals surface area contributed by atoms with Crippen LogP contribution >= 0.6 is 15.9 Å². The van der Waals surface area contributed by atoms with Gasteiger partial charge in [-0.05, 0) is 41.4 Å². The zero-order valence-electron chi connectivity index (χ0n) is 8.40. The Bertz CT molecular complexity index is 352. The van der Waals surface area contributed by atoms with E-state index in [-0.39, 0.29) is 11.9 Å². The molecule has 0 aromatic heterocycles. The summed E-state index contributed by atoms with van der Waals surface area (Å²) in [5.41, 5.74) is 6.97. The molecule has 4 heteroatoms. The Labute approximate surface area is 91.4 Å². The van der Waals surface area contributed by atoms with Crippen LogP contribution in [-0.2, 0) is 0 Å². The van der Waals surface area contributed by atoms with Crippen LogP contribution in [0.4, 0.5) is 4.39 Å². The second kappa shape index (κ2) is 4.28. The molecule has 1 aromatic carbocycles. The molecule has 2 N–H and O–H groups in total. The molecule has 14 heavy (non-hydrogen) atoms. The van der Waals surface area contributed by atoms with Crippen molar-refractivity contribution < 1.29 is 9.13 Å². The molecule has 0 aliphatic heterocycles. The van der Waals surface area contributed by atoms with Gasteiger partial charge in [0.25, 0.3) is 0 Å². The number of methoxy groups -OCH3 is 1. The molecule has 1 unspecified atom stereocenters. The standard InChI is InChI=1S/C10H13BrFNO/c1-5-4-7(11)9(12)8(6(2)13)10(5)14-3/h4,6H,13H2,1-3H3. The van der Waals surface area contributed by atoms with Gasteiger partial charge in [0.05, 0.1) is 11.6 Å². The highest BCUT2D eigenvalue weighted by atomic mass is 79.9. The lowest BCUT2D eigenvalue weighted by Gasteiger charge is -2.16. The molecule has 0 aliphatic rings. The minimum atomic E-state index is -0.388. The molecular formula is C10H13BrFNO. The van der Waals surface area contributed by atoms with Crippen molar-refractivity contribution in [3.63, 3.8) is 0 Å². The van der Waals surface area contributed by atoms with Crippen LogP contribution < -0.4 is 10.5 Å². The van der Waals surface area contributed by atoms with Crippen LogP contribution in [0.5, 0.6) is 5.75 Å². The van der Waals surface area contributed by atoms with Gasteiger partial charge in [0.2, 0.25) is 0 Å². The summed E-state index contributed by atoms with van der Waals surface area (Å²) in [6.45, 7) is 3.59. The number of halogens is 2. The average Bonchev–Trinajstić information content (AvgIpc) is 2.10. The van der Waals surface area contributed by atoms with Crippen molar-refractivity contribution in [3.8, 4) is 5.75 Å². The molecule has 0 amide bonds. The van der Waals surface area contributed by atoms with Gasteiger partial charge in [-0.2, -0.15) is 0 Å². The van der Waals surface area contributed by atoms with E-state index in [2.05, 4.69) is 15.9 Å². The van der Waals surface area contributed by atoms with Crippen LogP contribution in [0.3, 0.4) is 0 Å². The smallest absolute Gasteiger partial charge is 0.145 e. The zero-order valence-corrected chi connectivity index (χ0v) is 9.98. The predicted octanol–water partition coefficient (Wildman–Crippen LogP) is 2.92. The highest BCUT2D eigenvalue weighted by Gasteiger charge is 2.18. The molecule has 0 aliphatic carbocycles. The topological polar surface area (TPSA) is 35.2 Å². The Morgan fingerprint density at radius 1 is 1.57 bits per heavy atom. The minimum absolute atomic E-state index is 0.345. The van der Waals surface area contributed by atoms with Gasteiger partial charge in [-0.1, -0.05) is 0 Å². The first-order chi connectivity index (χ1) is 6.49. The van der Waals surface area contributed by atoms with Gasteiger partial charge in [-0.25, -0.2) is 4.39 Å². The number of rotatable bonds is 2. The maximum Gasteiger partial charge on any atom is 0.145 e. The van der Waals surface area contributed by atoms with Crippen LogP contribution in [-0.4, -0.2) is 7.11 Å². The van der Waals surface area contributed by atoms with Crippen LogP contribution in [0.2, 0.25) is 0 Å². The third-order valence-corrected chi connectivity index (χ3v) is 2.63. The van der Waals surface area contributed by atoms with Crippen molar-refractivity contribution in [2.75, 3.05) is 7.11 Å². The fraction of sp³-hybridized carbons (Fsp3) is 0.400. The minimum Gasteiger partial charge on any atom is -0.496 e. The van der Waals surface area contributed by atoms with E-state index in [4.69, 9.17) is 10.5 Å². The highest BCUT2D eigenvalue weighted by molar-refractivity contribution is 9.10. The van der Waals surface area contributed by atoms with E-state index in [1.54, 1.807) is 13.0 Å². The molecule has 1 rings (SSSR count). The number of benzene rings is 1. The van der Waals surface area contributed by atoms with Crippen LogP contribution in [0, 0.1) is 12.7 Å². The van der Waals surface area contributed by atoms with Crippen LogP contribution in [0.25, 0.3) is 0 Å². The van der Waals surface area contributed by atoms with Crippen LogP contribution in [0.1, 0.15) is 24.1 Å². The van der Waals surface area contributed by atoms with E-state index in [1.165, 1.54) is 7.11 Å². The number of ether oxygens (including phenoxy) is 1. The molecule has 0 fully saturated rings. The summed E-state index contributed by atoms with van der Waals surface area (Å²) in [6, 6.07) is 1.29. The highest BCUT2D eigenvalue weighted by Crippen LogP contribution is 2.34. The van der Waals surface area contributed by atoms with Gasteiger partial charge in [-0.3, -0.25) is 0 Å². The summed E-state index contributed by atoms with van der Waals surface area (Å²) in [5.74, 6) is 0.183. The summed E-state index contributed by atoms with van der Waals surface area (Å²) < 4.78 is 19.2. The monoisotopic (exact) mass is 261 g/mol. The maximum atomic E-state index is 13.7. The quantitative estimate of drug-likeness (QED) is 0.889. The Balaban J connectivity index is 3.48. The summed E-state index contributed by atoms with van der Waals surface area (Å²) in [5, 5.41) is 0. The van der Waals surface area contributed by atoms with Gasteiger partial charge in [0, 0.05) is 11.6 Å². The van der Waals surface area contributed by atoms with Gasteiger partial charge in [-0.15, -0.1) is 0 Å². The van der Waals surface area contributed by atoms with E-state index in [0.29, 0.717) is 15.8 Å². The normalized spacial score (nSPS) is 12.7. The lowest BCUT2D eigenvalue weighted by molar-refractivity contribution is 0.397. The first-order valence-corrected chi connectivity index (χ1v) is 5.06. The Hall–Kier alpha value is -0.610. The molecule has 1 atom stereocenters. The molecule has 0 heterocycles. The van der Waals surface area contributed by atoms with Crippen molar-refractivity contribution in [2.45, 2.75) is 19.9 Å². The summed E-state index contributed by atoms with van der Waals surface area (Å²) >= 11 is 3.14. The molecule has 2 nitrogen and oxygen atoms in total. The first-order valence-electron chi connectivity index (χ1n) is 4.27. The Kier molecular flexibility index (Phi) is 3.50. The fourth-order valence-corrected chi connectivity index (χ4v) is 1.99. The van der Waals surface area contributed by atoms with E-state index >= 15 is 0 Å². The third-order valence-electron chi connectivity index (χ3n) is 2.05. The molecule has 1 aromatic rings. The Morgan fingerprint density at radius 2 is 2.14 bits per heavy atom. The molecular weight excluding hydrogens is 249 g/mol. The van der Waals surface area contributed by atoms with E-state index in [9.17, 15) is 4.39 Å². The second-order valence-corrected chi connectivity index (χ2v) is 4.08. The number of hydrogen-bond acceptors (Lipinski definition) is 2. The summed E-state index contributed by atoms with van der Waals surface area (Å²) in [7, 11) is 1.52. The van der Waals surface area contributed by atoms with Crippen molar-refractivity contribution >= 4 is 15.9 Å². The molecule has 78 valence electrons. The zero-order chi connectivity index (χ0) is 10.9. The predicted molar refractivity (Wildman–Crippen MR) is 58.0 cm³/mol. The van der Waals surface area contributed by atoms with Gasteiger partial charge in [0.1, 0.15) is 11.6 Å². The van der Waals surface area contributed by atoms with Crippen molar-refractivity contribution in [2.24, 2.45) is 5.73 Å². The molecule has 0 saturated carbocycles. The van der Waals surface area contributed by atoms with E-state index in [1.807, 2.05) is 6.92 Å². The number of nitrogens with two attached hydrogens (primary N) is 1. The molecule has 0 saturated heterocycles. The van der Waals surface area contributed by atoms with E-state index in [0.717, 1.165) is 5.56 Å². The lowest BCUT2D eigenvalue weighted by Crippen LogP contribution is -2.11. The average molecular weight is 262 g/mol. The number of aryl methyl sites for hydroxylation is 1. The largest absolute Gasteiger partial charge is 0.496 e. The molecule has 0 spiro atoms. The van der Waals surface area contributed by atoms with Crippen molar-refractivity contribution in [3.05, 3.63) is 27.5 Å². The van der Waals surface area contributed by atoms with E-state index < -0.39 is 0 Å². The third kappa shape index (κ3) is 1.91. The SMILES string of the molecule is COc1c(C)cc(Br)c(F)c1C(C)N. The fourth-order valence-electron chi connectivity index (χ4n) is 1.44. The first kappa shape index (κ1) is 11.5. The van der Waals surface area contributed by atoms with Gasteiger partial charge >= 0.3 is 0 Å². The summed E-state index contributed by atoms with van der Waals surface area (Å²) in [6.07, 6.45) is 0. The van der Waals surface area contributed by atoms with Crippen molar-refractivity contribution in [1.29, 1.82) is 0 Å². The van der Waals surface area contributed by atoms with Gasteiger partial charge in [0.15, 0.2) is 0 Å². The number of hydrogen-bond donors (Lipinski definition) is 1. The second-order valence-electron chi connectivity index (χ2n) is 3.22. The van der Waals surface area contributed by atoms with Gasteiger partial charge < -0.3 is 10.5 Å².